The fourth-order valence-corrected chi connectivity index (χ4v) is 2.63. The molecule has 0 aliphatic rings. The molecule has 0 fully saturated rings. The number of hydrogen-bond acceptors (Lipinski definition) is 1. The molecule has 2 nitrogen and oxygen atoms in total. The molecule has 0 aliphatic carbocycles. The molecular weight excluding hydrogens is 282 g/mol. The third-order valence-corrected chi connectivity index (χ3v) is 3.89. The van der Waals surface area contributed by atoms with Crippen molar-refractivity contribution in [1.82, 2.24) is 0 Å². The quantitative estimate of drug-likeness (QED) is 0.724. The van der Waals surface area contributed by atoms with Gasteiger partial charge in [-0.1, -0.05) is 51.1 Å². The van der Waals surface area contributed by atoms with Crippen molar-refractivity contribution in [3.63, 3.8) is 0 Å². The summed E-state index contributed by atoms with van der Waals surface area (Å²) in [5.41, 5.74) is 2.67. The van der Waals surface area contributed by atoms with E-state index in [1.807, 2.05) is 47.4 Å². The van der Waals surface area contributed by atoms with Crippen molar-refractivity contribution >= 4 is 11.6 Å². The van der Waals surface area contributed by atoms with E-state index in [2.05, 4.69) is 53.7 Å². The molecule has 0 saturated heterocycles. The second-order valence-electron chi connectivity index (χ2n) is 7.97. The first-order valence-corrected chi connectivity index (χ1v) is 8.11. The third-order valence-electron chi connectivity index (χ3n) is 3.89. The van der Waals surface area contributed by atoms with Gasteiger partial charge in [0.05, 0.1) is 0 Å². The van der Waals surface area contributed by atoms with E-state index in [0.717, 1.165) is 11.3 Å². The largest absolute Gasteiger partial charge is 0.303 e. The number of amides is 1. The zero-order chi connectivity index (χ0) is 17.3. The summed E-state index contributed by atoms with van der Waals surface area (Å²) in [6.07, 6.45) is 0. The maximum absolute atomic E-state index is 13.1. The van der Waals surface area contributed by atoms with Crippen molar-refractivity contribution in [2.45, 2.75) is 52.5 Å². The Morgan fingerprint density at radius 2 is 1.30 bits per heavy atom. The highest BCUT2D eigenvalue weighted by Crippen LogP contribution is 2.27. The standard InChI is InChI=1S/C21H27NO/c1-20(2,3)17-14-12-16(13-15-17)19(23)22(21(4,5)6)18-10-8-7-9-11-18/h7-15H,1-6H3. The smallest absolute Gasteiger partial charge is 0.258 e. The van der Waals surface area contributed by atoms with Gasteiger partial charge in [-0.2, -0.15) is 0 Å². The molecule has 0 heterocycles. The van der Waals surface area contributed by atoms with Crippen LogP contribution in [0, 0.1) is 0 Å². The summed E-state index contributed by atoms with van der Waals surface area (Å²) < 4.78 is 0. The highest BCUT2D eigenvalue weighted by atomic mass is 16.2. The maximum atomic E-state index is 13.1. The number of rotatable bonds is 2. The van der Waals surface area contributed by atoms with E-state index in [1.54, 1.807) is 0 Å². The van der Waals surface area contributed by atoms with Crippen LogP contribution in [0.4, 0.5) is 5.69 Å². The number of carbonyl (C=O) groups is 1. The molecule has 2 aromatic carbocycles. The zero-order valence-corrected chi connectivity index (χ0v) is 15.1. The predicted octanol–water partition coefficient (Wildman–Crippen LogP) is 5.43. The van der Waals surface area contributed by atoms with Gasteiger partial charge < -0.3 is 4.90 Å². The van der Waals surface area contributed by atoms with Crippen LogP contribution < -0.4 is 4.90 Å². The topological polar surface area (TPSA) is 20.3 Å². The van der Waals surface area contributed by atoms with E-state index < -0.39 is 0 Å². The Kier molecular flexibility index (Phi) is 4.65. The van der Waals surface area contributed by atoms with Crippen molar-refractivity contribution in [2.75, 3.05) is 4.90 Å². The molecule has 23 heavy (non-hydrogen) atoms. The SMILES string of the molecule is CC(C)(C)c1ccc(C(=O)N(c2ccccc2)C(C)(C)C)cc1. The number of benzene rings is 2. The van der Waals surface area contributed by atoms with Crippen LogP contribution in [0.3, 0.4) is 0 Å². The minimum absolute atomic E-state index is 0.0316. The first-order chi connectivity index (χ1) is 10.6. The summed E-state index contributed by atoms with van der Waals surface area (Å²) >= 11 is 0. The number of nitrogens with zero attached hydrogens (tertiary/aromatic N) is 1. The molecule has 0 N–H and O–H groups in total. The first kappa shape index (κ1) is 17.3. The number of para-hydroxylation sites is 1. The number of carbonyl (C=O) groups excluding carboxylic acids is 1. The molecule has 2 aromatic rings. The monoisotopic (exact) mass is 309 g/mol. The Morgan fingerprint density at radius 1 is 0.783 bits per heavy atom. The average Bonchev–Trinajstić information content (AvgIpc) is 2.46. The molecule has 1 amide bonds. The Morgan fingerprint density at radius 3 is 1.74 bits per heavy atom. The highest BCUT2D eigenvalue weighted by Gasteiger charge is 2.29. The Balaban J connectivity index is 2.39. The summed E-state index contributed by atoms with van der Waals surface area (Å²) in [6, 6.07) is 17.8. The van der Waals surface area contributed by atoms with Crippen LogP contribution in [-0.2, 0) is 5.41 Å². The Bertz CT molecular complexity index is 658. The van der Waals surface area contributed by atoms with Crippen molar-refractivity contribution in [3.05, 3.63) is 65.7 Å². The van der Waals surface area contributed by atoms with Crippen LogP contribution in [0.15, 0.2) is 54.6 Å². The first-order valence-electron chi connectivity index (χ1n) is 8.11. The molecule has 0 saturated carbocycles. The molecule has 2 rings (SSSR count). The Hall–Kier alpha value is -2.09. The lowest BCUT2D eigenvalue weighted by Crippen LogP contribution is -2.46. The lowest BCUT2D eigenvalue weighted by atomic mass is 9.86. The van der Waals surface area contributed by atoms with Gasteiger partial charge in [0.2, 0.25) is 0 Å². The molecule has 0 atom stereocenters. The summed E-state index contributed by atoms with van der Waals surface area (Å²) in [5.74, 6) is 0.0316. The van der Waals surface area contributed by atoms with Gasteiger partial charge in [0.15, 0.2) is 0 Å². The molecule has 122 valence electrons. The van der Waals surface area contributed by atoms with E-state index in [4.69, 9.17) is 0 Å². The van der Waals surface area contributed by atoms with Gasteiger partial charge in [0, 0.05) is 16.8 Å². The lowest BCUT2D eigenvalue weighted by molar-refractivity contribution is 0.0966. The van der Waals surface area contributed by atoms with Gasteiger partial charge in [0.25, 0.3) is 5.91 Å². The fraction of sp³-hybridized carbons (Fsp3) is 0.381. The van der Waals surface area contributed by atoms with Gasteiger partial charge in [-0.05, 0) is 56.0 Å². The highest BCUT2D eigenvalue weighted by molar-refractivity contribution is 6.07. The van der Waals surface area contributed by atoms with Crippen LogP contribution in [0.1, 0.15) is 57.5 Å². The number of anilines is 1. The summed E-state index contributed by atoms with van der Waals surface area (Å²) in [6.45, 7) is 12.7. The normalized spacial score (nSPS) is 12.1. The molecule has 0 spiro atoms. The van der Waals surface area contributed by atoms with Gasteiger partial charge >= 0.3 is 0 Å². The van der Waals surface area contributed by atoms with E-state index >= 15 is 0 Å². The second kappa shape index (κ2) is 6.19. The van der Waals surface area contributed by atoms with Gasteiger partial charge in [-0.25, -0.2) is 0 Å². The molecular formula is C21H27NO. The summed E-state index contributed by atoms with van der Waals surface area (Å²) in [5, 5.41) is 0. The molecule has 2 heteroatoms. The second-order valence-corrected chi connectivity index (χ2v) is 7.97. The van der Waals surface area contributed by atoms with Crippen molar-refractivity contribution in [2.24, 2.45) is 0 Å². The van der Waals surface area contributed by atoms with Gasteiger partial charge in [-0.3, -0.25) is 4.79 Å². The van der Waals surface area contributed by atoms with Gasteiger partial charge in [0.1, 0.15) is 0 Å². The molecule has 0 aromatic heterocycles. The molecule has 0 unspecified atom stereocenters. The third kappa shape index (κ3) is 4.01. The van der Waals surface area contributed by atoms with Crippen LogP contribution in [0.25, 0.3) is 0 Å². The van der Waals surface area contributed by atoms with Crippen molar-refractivity contribution < 1.29 is 4.79 Å². The van der Waals surface area contributed by atoms with Crippen LogP contribution in [0.2, 0.25) is 0 Å². The fourth-order valence-electron chi connectivity index (χ4n) is 2.63. The Labute approximate surface area is 140 Å². The van der Waals surface area contributed by atoms with E-state index in [9.17, 15) is 4.79 Å². The average molecular weight is 309 g/mol. The molecule has 0 radical (unpaired) electrons. The minimum Gasteiger partial charge on any atom is -0.303 e. The van der Waals surface area contributed by atoms with Crippen molar-refractivity contribution in [3.8, 4) is 0 Å². The summed E-state index contributed by atoms with van der Waals surface area (Å²) in [7, 11) is 0. The predicted molar refractivity (Wildman–Crippen MR) is 98.1 cm³/mol. The van der Waals surface area contributed by atoms with Crippen LogP contribution in [0.5, 0.6) is 0 Å². The molecule has 0 bridgehead atoms. The van der Waals surface area contributed by atoms with Crippen LogP contribution in [-0.4, -0.2) is 11.4 Å². The zero-order valence-electron chi connectivity index (χ0n) is 15.1. The lowest BCUT2D eigenvalue weighted by Gasteiger charge is -2.36. The number of hydrogen-bond donors (Lipinski definition) is 0. The summed E-state index contributed by atoms with van der Waals surface area (Å²) in [4.78, 5) is 14.9. The molecule has 0 aliphatic heterocycles. The van der Waals surface area contributed by atoms with Crippen LogP contribution >= 0.6 is 0 Å². The van der Waals surface area contributed by atoms with E-state index in [1.165, 1.54) is 5.56 Å². The van der Waals surface area contributed by atoms with Crippen molar-refractivity contribution in [1.29, 1.82) is 0 Å². The van der Waals surface area contributed by atoms with Gasteiger partial charge in [-0.15, -0.1) is 0 Å². The van der Waals surface area contributed by atoms with E-state index in [0.29, 0.717) is 0 Å². The minimum atomic E-state index is -0.291. The maximum Gasteiger partial charge on any atom is 0.258 e. The van der Waals surface area contributed by atoms with E-state index in [-0.39, 0.29) is 16.9 Å².